The smallest absolute Gasteiger partial charge is 0.420 e. The standard InChI is InChI=1S/C33H29F3N2O5/c1-42-26-8-5-9-27(21-26)43-29-15-14-25(20-28(29)33(34,35)36)37-30(39)31(40)38-18-16-32(41,17-19-38)24-12-10-23(11-13-24)22-6-3-2-4-7-22/h2-15,20-21,41H,16-19H2,1H3,(H,37,39). The zero-order chi connectivity index (χ0) is 30.6. The number of piperidine rings is 1. The SMILES string of the molecule is COc1cccc(Oc2ccc(NC(=O)C(=O)N3CCC(O)(c4ccc(-c5ccccc5)cc4)CC3)cc2C(F)(F)F)c1. The zero-order valence-electron chi connectivity index (χ0n) is 23.2. The van der Waals surface area contributed by atoms with Crippen LogP contribution in [0.25, 0.3) is 11.1 Å². The third kappa shape index (κ3) is 6.81. The minimum absolute atomic E-state index is 0.101. The highest BCUT2D eigenvalue weighted by atomic mass is 19.4. The Balaban J connectivity index is 1.22. The van der Waals surface area contributed by atoms with E-state index in [2.05, 4.69) is 5.32 Å². The number of anilines is 1. The Morgan fingerprint density at radius 3 is 2.14 bits per heavy atom. The molecule has 5 rings (SSSR count). The Bertz CT molecular complexity index is 1600. The predicted molar refractivity (Wildman–Crippen MR) is 155 cm³/mol. The Morgan fingerprint density at radius 1 is 0.837 bits per heavy atom. The lowest BCUT2D eigenvalue weighted by molar-refractivity contribution is -0.146. The van der Waals surface area contributed by atoms with E-state index < -0.39 is 34.9 Å². The first-order valence-electron chi connectivity index (χ1n) is 13.6. The molecule has 2 amide bonds. The van der Waals surface area contributed by atoms with Crippen molar-refractivity contribution < 1.29 is 37.3 Å². The second kappa shape index (κ2) is 12.2. The first-order chi connectivity index (χ1) is 20.6. The molecule has 0 unspecified atom stereocenters. The lowest BCUT2D eigenvalue weighted by Crippen LogP contribution is -2.48. The van der Waals surface area contributed by atoms with Gasteiger partial charge in [0.15, 0.2) is 0 Å². The van der Waals surface area contributed by atoms with Crippen LogP contribution in [0.15, 0.2) is 97.1 Å². The van der Waals surface area contributed by atoms with Crippen LogP contribution < -0.4 is 14.8 Å². The van der Waals surface area contributed by atoms with Crippen LogP contribution in [-0.4, -0.2) is 42.0 Å². The number of aliphatic hydroxyl groups is 1. The summed E-state index contributed by atoms with van der Waals surface area (Å²) in [6.45, 7) is 0.203. The molecule has 0 aliphatic carbocycles. The summed E-state index contributed by atoms with van der Waals surface area (Å²) < 4.78 is 52.1. The van der Waals surface area contributed by atoms with E-state index in [1.807, 2.05) is 54.6 Å². The highest BCUT2D eigenvalue weighted by Crippen LogP contribution is 2.40. The molecule has 10 heteroatoms. The maximum Gasteiger partial charge on any atom is 0.420 e. The van der Waals surface area contributed by atoms with E-state index in [4.69, 9.17) is 9.47 Å². The van der Waals surface area contributed by atoms with Crippen LogP contribution in [0, 0.1) is 0 Å². The number of nitrogens with one attached hydrogen (secondary N) is 1. The molecule has 4 aromatic rings. The van der Waals surface area contributed by atoms with Gasteiger partial charge in [-0.1, -0.05) is 60.7 Å². The molecule has 0 spiro atoms. The Labute approximate surface area is 246 Å². The molecule has 4 aromatic carbocycles. The number of methoxy groups -OCH3 is 1. The van der Waals surface area contributed by atoms with Crippen molar-refractivity contribution in [3.8, 4) is 28.4 Å². The van der Waals surface area contributed by atoms with Crippen molar-refractivity contribution in [1.82, 2.24) is 4.90 Å². The van der Waals surface area contributed by atoms with Gasteiger partial charge in [-0.15, -0.1) is 0 Å². The van der Waals surface area contributed by atoms with Gasteiger partial charge in [0.2, 0.25) is 0 Å². The number of rotatable bonds is 6. The van der Waals surface area contributed by atoms with Crippen molar-refractivity contribution in [2.45, 2.75) is 24.6 Å². The molecule has 2 N–H and O–H groups in total. The fourth-order valence-electron chi connectivity index (χ4n) is 5.01. The molecular weight excluding hydrogens is 561 g/mol. The molecule has 1 aliphatic rings. The van der Waals surface area contributed by atoms with Crippen molar-refractivity contribution in [1.29, 1.82) is 0 Å². The first-order valence-corrected chi connectivity index (χ1v) is 13.6. The van der Waals surface area contributed by atoms with E-state index in [0.29, 0.717) is 11.3 Å². The maximum atomic E-state index is 13.9. The monoisotopic (exact) mass is 590 g/mol. The van der Waals surface area contributed by atoms with Crippen LogP contribution in [0.1, 0.15) is 24.0 Å². The number of likely N-dealkylation sites (tertiary alicyclic amines) is 1. The van der Waals surface area contributed by atoms with Gasteiger partial charge < -0.3 is 24.8 Å². The summed E-state index contributed by atoms with van der Waals surface area (Å²) in [5, 5.41) is 13.5. The fraction of sp³-hybridized carbons (Fsp3) is 0.212. The molecule has 0 atom stereocenters. The summed E-state index contributed by atoms with van der Waals surface area (Å²) in [5.41, 5.74) is 0.250. The second-order valence-corrected chi connectivity index (χ2v) is 10.2. The number of carbonyl (C=O) groups excluding carboxylic acids is 2. The van der Waals surface area contributed by atoms with Gasteiger partial charge in [0.1, 0.15) is 22.8 Å². The summed E-state index contributed by atoms with van der Waals surface area (Å²) in [7, 11) is 1.42. The van der Waals surface area contributed by atoms with Gasteiger partial charge >= 0.3 is 18.0 Å². The molecular formula is C33H29F3N2O5. The Morgan fingerprint density at radius 2 is 1.49 bits per heavy atom. The van der Waals surface area contributed by atoms with Crippen molar-refractivity contribution in [3.63, 3.8) is 0 Å². The van der Waals surface area contributed by atoms with E-state index in [1.54, 1.807) is 12.1 Å². The predicted octanol–water partition coefficient (Wildman–Crippen LogP) is 6.62. The second-order valence-electron chi connectivity index (χ2n) is 10.2. The van der Waals surface area contributed by atoms with Crippen molar-refractivity contribution in [3.05, 3.63) is 108 Å². The van der Waals surface area contributed by atoms with Gasteiger partial charge in [-0.2, -0.15) is 13.2 Å². The molecule has 0 aromatic heterocycles. The summed E-state index contributed by atoms with van der Waals surface area (Å²) in [6.07, 6.45) is -4.40. The summed E-state index contributed by atoms with van der Waals surface area (Å²) >= 11 is 0. The van der Waals surface area contributed by atoms with E-state index in [1.165, 1.54) is 30.2 Å². The Hall–Kier alpha value is -4.83. The number of hydrogen-bond donors (Lipinski definition) is 2. The highest BCUT2D eigenvalue weighted by molar-refractivity contribution is 6.39. The molecule has 1 aliphatic heterocycles. The quantitative estimate of drug-likeness (QED) is 0.247. The van der Waals surface area contributed by atoms with Gasteiger partial charge in [0.05, 0.1) is 12.7 Å². The molecule has 0 radical (unpaired) electrons. The van der Waals surface area contributed by atoms with Crippen molar-refractivity contribution >= 4 is 17.5 Å². The zero-order valence-corrected chi connectivity index (χ0v) is 23.2. The third-order valence-electron chi connectivity index (χ3n) is 7.41. The van der Waals surface area contributed by atoms with Gasteiger partial charge in [-0.05, 0) is 59.9 Å². The molecule has 1 saturated heterocycles. The molecule has 0 bridgehead atoms. The molecule has 43 heavy (non-hydrogen) atoms. The molecule has 1 fully saturated rings. The van der Waals surface area contributed by atoms with E-state index in [9.17, 15) is 27.9 Å². The number of benzene rings is 4. The third-order valence-corrected chi connectivity index (χ3v) is 7.41. The highest BCUT2D eigenvalue weighted by Gasteiger charge is 2.38. The van der Waals surface area contributed by atoms with Gasteiger partial charge in [0, 0.05) is 24.8 Å². The number of hydrogen-bond acceptors (Lipinski definition) is 5. The van der Waals surface area contributed by atoms with Gasteiger partial charge in [0.25, 0.3) is 0 Å². The van der Waals surface area contributed by atoms with Crippen LogP contribution in [0.5, 0.6) is 17.2 Å². The molecule has 222 valence electrons. The van der Waals surface area contributed by atoms with Gasteiger partial charge in [-0.25, -0.2) is 0 Å². The van der Waals surface area contributed by atoms with Crippen LogP contribution in [0.2, 0.25) is 0 Å². The van der Waals surface area contributed by atoms with E-state index >= 15 is 0 Å². The number of nitrogens with zero attached hydrogens (tertiary/aromatic N) is 1. The van der Waals surface area contributed by atoms with Crippen molar-refractivity contribution in [2.24, 2.45) is 0 Å². The molecule has 0 saturated carbocycles. The number of halogens is 3. The molecule has 1 heterocycles. The van der Waals surface area contributed by atoms with E-state index in [0.717, 1.165) is 23.3 Å². The van der Waals surface area contributed by atoms with Crippen LogP contribution in [0.4, 0.5) is 18.9 Å². The minimum Gasteiger partial charge on any atom is -0.497 e. The fourth-order valence-corrected chi connectivity index (χ4v) is 5.01. The van der Waals surface area contributed by atoms with Crippen LogP contribution >= 0.6 is 0 Å². The largest absolute Gasteiger partial charge is 0.497 e. The summed E-state index contributed by atoms with van der Waals surface area (Å²) in [6, 6.07) is 26.5. The summed E-state index contributed by atoms with van der Waals surface area (Å²) in [5.74, 6) is -1.91. The van der Waals surface area contributed by atoms with Crippen LogP contribution in [0.3, 0.4) is 0 Å². The average molecular weight is 591 g/mol. The first kappa shape index (κ1) is 29.7. The topological polar surface area (TPSA) is 88.1 Å². The number of alkyl halides is 3. The van der Waals surface area contributed by atoms with Crippen LogP contribution in [-0.2, 0) is 21.4 Å². The lowest BCUT2D eigenvalue weighted by Gasteiger charge is -2.38. The number of carbonyl (C=O) groups is 2. The van der Waals surface area contributed by atoms with Crippen molar-refractivity contribution in [2.75, 3.05) is 25.5 Å². The normalized spacial score (nSPS) is 14.6. The lowest BCUT2D eigenvalue weighted by atomic mass is 9.84. The minimum atomic E-state index is -4.80. The number of ether oxygens (including phenoxy) is 2. The average Bonchev–Trinajstić information content (AvgIpc) is 3.02. The summed E-state index contributed by atoms with van der Waals surface area (Å²) in [4.78, 5) is 26.9. The van der Waals surface area contributed by atoms with Gasteiger partial charge in [-0.3, -0.25) is 9.59 Å². The maximum absolute atomic E-state index is 13.9. The number of amides is 2. The Kier molecular flexibility index (Phi) is 8.40. The molecule has 7 nitrogen and oxygen atoms in total. The van der Waals surface area contributed by atoms with E-state index in [-0.39, 0.29) is 37.4 Å².